The molecule has 0 bridgehead atoms. The Kier molecular flexibility index (Phi) is 5.48. The van der Waals surface area contributed by atoms with Gasteiger partial charge >= 0.3 is 0 Å². The molecule has 0 atom stereocenters. The molecule has 0 amide bonds. The maximum Gasteiger partial charge on any atom is 0.104 e. The number of rotatable bonds is 0. The van der Waals surface area contributed by atoms with Crippen molar-refractivity contribution in [1.29, 1.82) is 0 Å². The van der Waals surface area contributed by atoms with E-state index in [1.54, 1.807) is 0 Å². The van der Waals surface area contributed by atoms with E-state index in [4.69, 9.17) is 0 Å². The molecule has 0 aromatic rings. The van der Waals surface area contributed by atoms with Crippen LogP contribution in [0.25, 0.3) is 0 Å². The zero-order valence-electron chi connectivity index (χ0n) is 3.79. The van der Waals surface area contributed by atoms with Crippen LogP contribution in [0.15, 0.2) is 0 Å². The number of halogens is 1. The van der Waals surface area contributed by atoms with Gasteiger partial charge in [0.25, 0.3) is 0 Å². The van der Waals surface area contributed by atoms with Crippen molar-refractivity contribution in [1.82, 2.24) is 0 Å². The Balaban J connectivity index is 2.90. The topological polar surface area (TPSA) is 0 Å². The molecule has 0 spiro atoms. The average molecular weight is 163 g/mol. The van der Waals surface area contributed by atoms with E-state index in [0.717, 1.165) is 5.33 Å². The number of alkyl halides is 1. The Labute approximate surface area is 49.3 Å². The molecule has 0 saturated heterocycles. The minimum Gasteiger partial charge on any atom is -0.139 e. The molecule has 0 aromatic carbocycles. The fourth-order valence-electron chi connectivity index (χ4n) is 0.172. The predicted octanol–water partition coefficient (Wildman–Crippen LogP) is 0.559. The third-order valence-corrected chi connectivity index (χ3v) is 1.25. The molecule has 0 saturated carbocycles. The highest BCUT2D eigenvalue weighted by atomic mass is 79.9. The fourth-order valence-corrected chi connectivity index (χ4v) is 1.11. The first-order valence-corrected chi connectivity index (χ1v) is 5.17. The van der Waals surface area contributed by atoms with E-state index in [1.807, 2.05) is 0 Å². The Morgan fingerprint density at radius 2 is 2.50 bits per heavy atom. The first kappa shape index (κ1) is 6.26. The highest BCUT2D eigenvalue weighted by Gasteiger charge is 1.58. The van der Waals surface area contributed by atoms with Crippen LogP contribution in [0.5, 0.6) is 0 Å². The van der Waals surface area contributed by atoms with Gasteiger partial charge in [-0.1, -0.05) is 28.4 Å². The largest absolute Gasteiger partial charge is 0.139 e. The van der Waals surface area contributed by atoms with Crippen LogP contribution in [0, 0.1) is 11.5 Å². The second-order valence-corrected chi connectivity index (χ2v) is 2.46. The van der Waals surface area contributed by atoms with Crippen LogP contribution in [-0.2, 0) is 0 Å². The van der Waals surface area contributed by atoms with Gasteiger partial charge in [0.1, 0.15) is 9.52 Å². The normalized spacial score (nSPS) is 8.33. The van der Waals surface area contributed by atoms with Crippen molar-refractivity contribution in [3.63, 3.8) is 0 Å². The number of hydrogen-bond donors (Lipinski definition) is 0. The highest BCUT2D eigenvalue weighted by molar-refractivity contribution is 9.09. The molecule has 0 radical (unpaired) electrons. The molecule has 0 rings (SSSR count). The molecular weight excluding hydrogens is 156 g/mol. The van der Waals surface area contributed by atoms with E-state index in [2.05, 4.69) is 33.9 Å². The Bertz CT molecular complexity index is 61.4. The summed E-state index contributed by atoms with van der Waals surface area (Å²) in [6, 6.07) is 0. The van der Waals surface area contributed by atoms with Crippen LogP contribution >= 0.6 is 15.9 Å². The van der Waals surface area contributed by atoms with E-state index < -0.39 is 0 Å². The zero-order valence-corrected chi connectivity index (χ0v) is 6.79. The first-order chi connectivity index (χ1) is 2.91. The van der Waals surface area contributed by atoms with Gasteiger partial charge in [0, 0.05) is 0 Å². The van der Waals surface area contributed by atoms with Crippen molar-refractivity contribution in [2.24, 2.45) is 0 Å². The molecule has 0 unspecified atom stereocenters. The minimum absolute atomic E-state index is 0.0119. The van der Waals surface area contributed by atoms with Crippen LogP contribution in [-0.4, -0.2) is 14.8 Å². The third-order valence-electron chi connectivity index (χ3n) is 0.369. The molecule has 0 aliphatic rings. The van der Waals surface area contributed by atoms with E-state index in [1.165, 1.54) is 0 Å². The fraction of sp³-hybridized carbons (Fsp3) is 0.500. The van der Waals surface area contributed by atoms with Gasteiger partial charge in [-0.3, -0.25) is 0 Å². The third kappa shape index (κ3) is 4.26. The Morgan fingerprint density at radius 1 is 1.83 bits per heavy atom. The molecule has 0 aliphatic carbocycles. The van der Waals surface area contributed by atoms with Gasteiger partial charge in [-0.25, -0.2) is 0 Å². The van der Waals surface area contributed by atoms with Crippen LogP contribution in [0.4, 0.5) is 0 Å². The van der Waals surface area contributed by atoms with Gasteiger partial charge < -0.3 is 0 Å². The summed E-state index contributed by atoms with van der Waals surface area (Å²) >= 11 is 3.20. The summed E-state index contributed by atoms with van der Waals surface area (Å²) in [5.41, 5.74) is 3.04. The van der Waals surface area contributed by atoms with Crippen LogP contribution < -0.4 is 0 Å². The molecule has 0 aromatic heterocycles. The summed E-state index contributed by atoms with van der Waals surface area (Å²) in [6.07, 6.45) is 0. The van der Waals surface area contributed by atoms with Crippen molar-refractivity contribution in [3.05, 3.63) is 0 Å². The lowest BCUT2D eigenvalue weighted by molar-refractivity contribution is 2.00. The van der Waals surface area contributed by atoms with Crippen molar-refractivity contribution >= 4 is 25.4 Å². The quantitative estimate of drug-likeness (QED) is 0.278. The van der Waals surface area contributed by atoms with Crippen molar-refractivity contribution < 1.29 is 0 Å². The van der Waals surface area contributed by atoms with Crippen LogP contribution in [0.3, 0.4) is 0 Å². The second-order valence-electron chi connectivity index (χ2n) is 0.841. The molecular formula is C4H7BrSi. The maximum atomic E-state index is 3.20. The second kappa shape index (κ2) is 5.26. The minimum atomic E-state index is 0.0119. The molecule has 34 valence electrons. The number of hydrogen-bond acceptors (Lipinski definition) is 0. The molecule has 0 fully saturated rings. The maximum absolute atomic E-state index is 3.20. The molecule has 0 heterocycles. The summed E-state index contributed by atoms with van der Waals surface area (Å²) < 4.78 is 0. The van der Waals surface area contributed by atoms with Gasteiger partial charge in [0.05, 0.1) is 5.33 Å². The van der Waals surface area contributed by atoms with Crippen molar-refractivity contribution in [2.45, 2.75) is 6.55 Å². The standard InChI is InChI=1S/C4H7BrSi/c1-6-4-2-3-5/h3,6H2,1H3. The van der Waals surface area contributed by atoms with Crippen LogP contribution in [0.2, 0.25) is 6.55 Å². The van der Waals surface area contributed by atoms with Gasteiger partial charge in [-0.15, -0.1) is 5.54 Å². The zero-order chi connectivity index (χ0) is 4.83. The monoisotopic (exact) mass is 162 g/mol. The van der Waals surface area contributed by atoms with Crippen molar-refractivity contribution in [3.8, 4) is 11.5 Å². The first-order valence-electron chi connectivity index (χ1n) is 1.93. The van der Waals surface area contributed by atoms with E-state index in [-0.39, 0.29) is 9.52 Å². The lowest BCUT2D eigenvalue weighted by Crippen LogP contribution is -1.69. The van der Waals surface area contributed by atoms with Gasteiger partial charge in [0.15, 0.2) is 0 Å². The Hall–Kier alpha value is 0.257. The summed E-state index contributed by atoms with van der Waals surface area (Å²) in [4.78, 5) is 0. The SMILES string of the molecule is C[SiH2]C#CCBr. The molecule has 0 N–H and O–H groups in total. The average Bonchev–Trinajstić information content (AvgIpc) is 1.61. The van der Waals surface area contributed by atoms with E-state index in [9.17, 15) is 0 Å². The lowest BCUT2D eigenvalue weighted by atomic mass is 10.8. The molecule has 0 nitrogen and oxygen atoms in total. The van der Waals surface area contributed by atoms with Crippen molar-refractivity contribution in [2.75, 3.05) is 5.33 Å². The lowest BCUT2D eigenvalue weighted by Gasteiger charge is -1.63. The summed E-state index contributed by atoms with van der Waals surface area (Å²) in [6.45, 7) is 2.18. The van der Waals surface area contributed by atoms with Gasteiger partial charge in [0.2, 0.25) is 0 Å². The predicted molar refractivity (Wildman–Crippen MR) is 36.0 cm³/mol. The molecule has 2 heteroatoms. The van der Waals surface area contributed by atoms with Gasteiger partial charge in [-0.2, -0.15) is 0 Å². The smallest absolute Gasteiger partial charge is 0.104 e. The van der Waals surface area contributed by atoms with E-state index >= 15 is 0 Å². The van der Waals surface area contributed by atoms with E-state index in [0.29, 0.717) is 0 Å². The molecule has 6 heavy (non-hydrogen) atoms. The molecule has 0 aliphatic heterocycles. The summed E-state index contributed by atoms with van der Waals surface area (Å²) in [5, 5.41) is 0.841. The van der Waals surface area contributed by atoms with Gasteiger partial charge in [-0.05, 0) is 0 Å². The summed E-state index contributed by atoms with van der Waals surface area (Å²) in [7, 11) is 0.0119. The highest BCUT2D eigenvalue weighted by Crippen LogP contribution is 1.70. The summed E-state index contributed by atoms with van der Waals surface area (Å²) in [5.74, 6) is 2.93. The van der Waals surface area contributed by atoms with Crippen LogP contribution in [0.1, 0.15) is 0 Å². The Morgan fingerprint density at radius 3 is 2.67 bits per heavy atom.